The van der Waals surface area contributed by atoms with Crippen molar-refractivity contribution in [1.29, 1.82) is 0 Å². The Kier molecular flexibility index (Phi) is 5.94. The maximum Gasteiger partial charge on any atom is 0.0346 e. The van der Waals surface area contributed by atoms with E-state index < -0.39 is 0 Å². The fourth-order valence-corrected chi connectivity index (χ4v) is 1.93. The van der Waals surface area contributed by atoms with Gasteiger partial charge in [-0.15, -0.1) is 0 Å². The Morgan fingerprint density at radius 1 is 1.11 bits per heavy atom. The lowest BCUT2D eigenvalue weighted by atomic mass is 10.00. The molecule has 0 radical (unpaired) electrons. The van der Waals surface area contributed by atoms with Crippen LogP contribution in [0.15, 0.2) is 49.7 Å². The van der Waals surface area contributed by atoms with Gasteiger partial charge in [0.05, 0.1) is 0 Å². The Morgan fingerprint density at radius 2 is 1.74 bits per heavy atom. The van der Waals surface area contributed by atoms with Crippen molar-refractivity contribution in [2.24, 2.45) is 5.73 Å². The summed E-state index contributed by atoms with van der Waals surface area (Å²) in [6.07, 6.45) is 3.00. The normalized spacial score (nSPS) is 9.95. The minimum Gasteiger partial charge on any atom is -0.403 e. The number of nitrogens with two attached hydrogens (primary N) is 1. The molecule has 0 bridgehead atoms. The predicted octanol–water partition coefficient (Wildman–Crippen LogP) is 3.92. The summed E-state index contributed by atoms with van der Waals surface area (Å²) in [6, 6.07) is 8.19. The molecule has 1 aromatic rings. The van der Waals surface area contributed by atoms with Gasteiger partial charge in [-0.25, -0.2) is 0 Å². The first-order valence-electron chi connectivity index (χ1n) is 6.63. The fraction of sp³-hybridized carbons (Fsp3) is 0.294. The number of allylic oxidation sites excluding steroid dienone is 2. The summed E-state index contributed by atoms with van der Waals surface area (Å²) in [4.78, 5) is 0. The third-order valence-corrected chi connectivity index (χ3v) is 2.98. The smallest absolute Gasteiger partial charge is 0.0346 e. The Bertz CT molecular complexity index is 472. The Morgan fingerprint density at radius 3 is 2.32 bits per heavy atom. The van der Waals surface area contributed by atoms with Gasteiger partial charge in [-0.3, -0.25) is 0 Å². The molecule has 0 unspecified atom stereocenters. The predicted molar refractivity (Wildman–Crippen MR) is 85.4 cm³/mol. The van der Waals surface area contributed by atoms with Gasteiger partial charge in [0, 0.05) is 23.5 Å². The zero-order chi connectivity index (χ0) is 14.3. The van der Waals surface area contributed by atoms with Gasteiger partial charge in [-0.2, -0.15) is 0 Å². The van der Waals surface area contributed by atoms with Gasteiger partial charge in [0.1, 0.15) is 0 Å². The highest BCUT2D eigenvalue weighted by atomic mass is 14.9. The quantitative estimate of drug-likeness (QED) is 0.692. The number of rotatable bonds is 8. The lowest BCUT2D eigenvalue weighted by molar-refractivity contribution is 0.697. The lowest BCUT2D eigenvalue weighted by Gasteiger charge is -2.14. The maximum atomic E-state index is 5.54. The summed E-state index contributed by atoms with van der Waals surface area (Å²) in [5.41, 5.74) is 10.6. The molecule has 1 rings (SSSR count). The van der Waals surface area contributed by atoms with E-state index in [1.165, 1.54) is 0 Å². The molecule has 3 N–H and O–H groups in total. The third-order valence-electron chi connectivity index (χ3n) is 2.98. The van der Waals surface area contributed by atoms with Crippen LogP contribution in [-0.4, -0.2) is 6.54 Å². The molecule has 2 nitrogen and oxygen atoms in total. The van der Waals surface area contributed by atoms with Crippen LogP contribution in [0.4, 0.5) is 0 Å². The van der Waals surface area contributed by atoms with Crippen LogP contribution in [0.3, 0.4) is 0 Å². The zero-order valence-corrected chi connectivity index (χ0v) is 11.8. The molecule has 0 fully saturated rings. The number of hydrogen-bond donors (Lipinski definition) is 2. The summed E-state index contributed by atoms with van der Waals surface area (Å²) >= 11 is 0. The monoisotopic (exact) mass is 256 g/mol. The molecule has 1 aromatic carbocycles. The minimum absolute atomic E-state index is 0.756. The first-order valence-corrected chi connectivity index (χ1v) is 6.63. The average molecular weight is 256 g/mol. The van der Waals surface area contributed by atoms with E-state index in [1.54, 1.807) is 0 Å². The van der Waals surface area contributed by atoms with Gasteiger partial charge in [0.15, 0.2) is 0 Å². The molecule has 19 heavy (non-hydrogen) atoms. The zero-order valence-electron chi connectivity index (χ0n) is 11.8. The van der Waals surface area contributed by atoms with Crippen LogP contribution < -0.4 is 11.1 Å². The standard InChI is InChI=1S/C17H24N2/c1-13(2)16-10-5-6-11-17(16)15(4)19-12-8-7-9-14(3)18/h5-6,10-11,19H,1,3-4,7-9,12,18H2,2H3. The largest absolute Gasteiger partial charge is 0.403 e. The Hall–Kier alpha value is -1.96. The van der Waals surface area contributed by atoms with Gasteiger partial charge in [0.25, 0.3) is 0 Å². The molecule has 0 saturated heterocycles. The molecule has 0 amide bonds. The number of benzene rings is 1. The highest BCUT2D eigenvalue weighted by Gasteiger charge is 2.05. The van der Waals surface area contributed by atoms with Crippen LogP contribution in [-0.2, 0) is 0 Å². The molecular weight excluding hydrogens is 232 g/mol. The van der Waals surface area contributed by atoms with E-state index in [0.717, 1.165) is 53.9 Å². The molecule has 0 aliphatic heterocycles. The SMILES string of the molecule is C=C(N)CCCCNC(=C)c1ccccc1C(=C)C. The van der Waals surface area contributed by atoms with Gasteiger partial charge in [-0.1, -0.05) is 49.6 Å². The second kappa shape index (κ2) is 7.47. The van der Waals surface area contributed by atoms with Crippen molar-refractivity contribution in [2.75, 3.05) is 6.54 Å². The second-order valence-electron chi connectivity index (χ2n) is 4.85. The van der Waals surface area contributed by atoms with Gasteiger partial charge in [0.2, 0.25) is 0 Å². The van der Waals surface area contributed by atoms with Crippen molar-refractivity contribution in [2.45, 2.75) is 26.2 Å². The van der Waals surface area contributed by atoms with E-state index in [2.05, 4.69) is 37.2 Å². The van der Waals surface area contributed by atoms with E-state index in [9.17, 15) is 0 Å². The topological polar surface area (TPSA) is 38.0 Å². The van der Waals surface area contributed by atoms with E-state index in [1.807, 2.05) is 19.1 Å². The van der Waals surface area contributed by atoms with E-state index in [4.69, 9.17) is 5.73 Å². The van der Waals surface area contributed by atoms with Crippen LogP contribution in [0, 0.1) is 0 Å². The molecule has 0 aliphatic rings. The maximum absolute atomic E-state index is 5.54. The average Bonchev–Trinajstić information content (AvgIpc) is 2.37. The molecule has 2 heteroatoms. The third kappa shape index (κ3) is 5.04. The van der Waals surface area contributed by atoms with Crippen LogP contribution in [0.25, 0.3) is 11.3 Å². The van der Waals surface area contributed by atoms with Gasteiger partial charge in [-0.05, 0) is 31.7 Å². The first-order chi connectivity index (χ1) is 9.02. The molecule has 0 saturated carbocycles. The lowest BCUT2D eigenvalue weighted by Crippen LogP contribution is -2.14. The highest BCUT2D eigenvalue weighted by Crippen LogP contribution is 2.21. The molecule has 0 aromatic heterocycles. The molecule has 0 spiro atoms. The van der Waals surface area contributed by atoms with Crippen molar-refractivity contribution in [3.63, 3.8) is 0 Å². The highest BCUT2D eigenvalue weighted by molar-refractivity contribution is 5.76. The molecule has 0 aliphatic carbocycles. The number of nitrogens with one attached hydrogen (secondary N) is 1. The van der Waals surface area contributed by atoms with Crippen molar-refractivity contribution < 1.29 is 0 Å². The Balaban J connectivity index is 2.50. The first kappa shape index (κ1) is 15.1. The number of unbranched alkanes of at least 4 members (excludes halogenated alkanes) is 1. The summed E-state index contributed by atoms with van der Waals surface area (Å²) in [5, 5.41) is 3.36. The van der Waals surface area contributed by atoms with E-state index in [-0.39, 0.29) is 0 Å². The Labute approximate surface area is 116 Å². The summed E-state index contributed by atoms with van der Waals surface area (Å²) < 4.78 is 0. The minimum atomic E-state index is 0.756. The van der Waals surface area contributed by atoms with Gasteiger partial charge < -0.3 is 11.1 Å². The summed E-state index contributed by atoms with van der Waals surface area (Å²) in [6.45, 7) is 14.7. The molecular formula is C17H24N2. The van der Waals surface area contributed by atoms with Crippen molar-refractivity contribution in [3.05, 3.63) is 60.8 Å². The summed E-state index contributed by atoms with van der Waals surface area (Å²) in [5.74, 6) is 0. The van der Waals surface area contributed by atoms with Crippen LogP contribution in [0.1, 0.15) is 37.3 Å². The van der Waals surface area contributed by atoms with Crippen molar-refractivity contribution >= 4 is 11.3 Å². The van der Waals surface area contributed by atoms with Crippen molar-refractivity contribution in [1.82, 2.24) is 5.32 Å². The van der Waals surface area contributed by atoms with Crippen LogP contribution >= 0.6 is 0 Å². The van der Waals surface area contributed by atoms with Crippen LogP contribution in [0.5, 0.6) is 0 Å². The molecule has 0 atom stereocenters. The number of hydrogen-bond acceptors (Lipinski definition) is 2. The summed E-state index contributed by atoms with van der Waals surface area (Å²) in [7, 11) is 0. The molecule has 0 heterocycles. The fourth-order valence-electron chi connectivity index (χ4n) is 1.93. The van der Waals surface area contributed by atoms with E-state index >= 15 is 0 Å². The van der Waals surface area contributed by atoms with Gasteiger partial charge >= 0.3 is 0 Å². The van der Waals surface area contributed by atoms with E-state index in [0.29, 0.717) is 0 Å². The van der Waals surface area contributed by atoms with Crippen LogP contribution in [0.2, 0.25) is 0 Å². The molecule has 102 valence electrons. The van der Waals surface area contributed by atoms with Crippen molar-refractivity contribution in [3.8, 4) is 0 Å². The second-order valence-corrected chi connectivity index (χ2v) is 4.85.